The van der Waals surface area contributed by atoms with Gasteiger partial charge in [0, 0.05) is 0 Å². The van der Waals surface area contributed by atoms with Crippen molar-refractivity contribution in [3.63, 3.8) is 0 Å². The van der Waals surface area contributed by atoms with Gasteiger partial charge in [0.2, 0.25) is 0 Å². The average Bonchev–Trinajstić information content (AvgIpc) is 1.88. The van der Waals surface area contributed by atoms with Crippen LogP contribution in [0, 0.1) is 0 Å². The maximum atomic E-state index is 5.24. The van der Waals surface area contributed by atoms with E-state index in [0.29, 0.717) is 13.2 Å². The zero-order chi connectivity index (χ0) is 7.11. The van der Waals surface area contributed by atoms with Crippen LogP contribution >= 0.6 is 11.8 Å². The molecule has 0 saturated carbocycles. The van der Waals surface area contributed by atoms with Crippen LogP contribution in [0.3, 0.4) is 0 Å². The normalized spacial score (nSPS) is 11.7. The predicted molar refractivity (Wildman–Crippen MR) is 39.2 cm³/mol. The third-order valence-corrected chi connectivity index (χ3v) is 1.03. The molecule has 0 aliphatic rings. The van der Waals surface area contributed by atoms with Crippen molar-refractivity contribution in [3.8, 4) is 0 Å². The van der Waals surface area contributed by atoms with Crippen molar-refractivity contribution in [2.24, 2.45) is 0 Å². The van der Waals surface area contributed by atoms with E-state index in [4.69, 9.17) is 16.5 Å². The quantitative estimate of drug-likeness (QED) is 0.485. The number of rotatable bonds is 4. The summed E-state index contributed by atoms with van der Waals surface area (Å²) in [5.74, 6) is 0.882. The molecule has 1 N–H and O–H groups in total. The lowest BCUT2D eigenvalue weighted by molar-refractivity contribution is 0.224. The van der Waals surface area contributed by atoms with Gasteiger partial charge in [-0.25, -0.2) is 4.84 Å². The molecule has 0 rings (SSSR count). The molecule has 0 aromatic heterocycles. The fourth-order valence-corrected chi connectivity index (χ4v) is 0.619. The second kappa shape index (κ2) is 5.92. The van der Waals surface area contributed by atoms with Gasteiger partial charge in [0.25, 0.3) is 0 Å². The molecule has 3 heteroatoms. The molecule has 9 heavy (non-hydrogen) atoms. The molecule has 0 fully saturated rings. The minimum absolute atomic E-state index is 0.589. The molecule has 0 heterocycles. The Kier molecular flexibility index (Phi) is 5.78. The Morgan fingerprint density at radius 2 is 2.44 bits per heavy atom. The SMILES string of the molecule is CC=C(CNCl)OCC. The Bertz CT molecular complexity index is 85.1. The number of hydrogen-bond acceptors (Lipinski definition) is 2. The van der Waals surface area contributed by atoms with E-state index in [2.05, 4.69) is 4.84 Å². The third kappa shape index (κ3) is 4.30. The molecule has 0 bridgehead atoms. The van der Waals surface area contributed by atoms with Crippen molar-refractivity contribution >= 4 is 11.8 Å². The van der Waals surface area contributed by atoms with Crippen LogP contribution in [0.25, 0.3) is 0 Å². The molecule has 0 radical (unpaired) electrons. The van der Waals surface area contributed by atoms with Gasteiger partial charge in [-0.1, -0.05) is 0 Å². The molecule has 0 aromatic rings. The van der Waals surface area contributed by atoms with Crippen molar-refractivity contribution in [1.82, 2.24) is 4.84 Å². The highest BCUT2D eigenvalue weighted by Crippen LogP contribution is 1.93. The van der Waals surface area contributed by atoms with Crippen LogP contribution in [0.5, 0.6) is 0 Å². The van der Waals surface area contributed by atoms with Crippen LogP contribution in [0.1, 0.15) is 13.8 Å². The lowest BCUT2D eigenvalue weighted by Crippen LogP contribution is -2.07. The summed E-state index contributed by atoms with van der Waals surface area (Å²) in [5, 5.41) is 0. The van der Waals surface area contributed by atoms with Crippen LogP contribution < -0.4 is 4.84 Å². The topological polar surface area (TPSA) is 21.3 Å². The second-order valence-corrected chi connectivity index (χ2v) is 1.77. The fourth-order valence-electron chi connectivity index (χ4n) is 0.488. The summed E-state index contributed by atoms with van der Waals surface area (Å²) >= 11 is 5.24. The van der Waals surface area contributed by atoms with Crippen molar-refractivity contribution in [2.45, 2.75) is 13.8 Å². The predicted octanol–water partition coefficient (Wildman–Crippen LogP) is 1.67. The minimum Gasteiger partial charge on any atom is -0.497 e. The van der Waals surface area contributed by atoms with E-state index in [0.717, 1.165) is 5.76 Å². The van der Waals surface area contributed by atoms with E-state index in [1.165, 1.54) is 0 Å². The molecule has 0 unspecified atom stereocenters. The number of hydrogen-bond donors (Lipinski definition) is 1. The van der Waals surface area contributed by atoms with E-state index in [1.54, 1.807) is 0 Å². The zero-order valence-corrected chi connectivity index (χ0v) is 6.53. The van der Waals surface area contributed by atoms with Crippen LogP contribution in [0.2, 0.25) is 0 Å². The minimum atomic E-state index is 0.589. The maximum Gasteiger partial charge on any atom is 0.107 e. The van der Waals surface area contributed by atoms with Gasteiger partial charge in [-0.05, 0) is 31.7 Å². The van der Waals surface area contributed by atoms with Crippen LogP contribution in [0.4, 0.5) is 0 Å². The van der Waals surface area contributed by atoms with Gasteiger partial charge >= 0.3 is 0 Å². The average molecular weight is 150 g/mol. The highest BCUT2D eigenvalue weighted by Gasteiger charge is 1.90. The van der Waals surface area contributed by atoms with Crippen molar-refractivity contribution in [2.75, 3.05) is 13.2 Å². The first-order valence-electron chi connectivity index (χ1n) is 2.96. The zero-order valence-electron chi connectivity index (χ0n) is 5.78. The largest absolute Gasteiger partial charge is 0.497 e. The highest BCUT2D eigenvalue weighted by atomic mass is 35.5. The summed E-state index contributed by atoms with van der Waals surface area (Å²) in [4.78, 5) is 2.48. The first kappa shape index (κ1) is 8.79. The van der Waals surface area contributed by atoms with Gasteiger partial charge in [-0.2, -0.15) is 0 Å². The molecule has 0 aliphatic carbocycles. The molecule has 0 amide bonds. The maximum absolute atomic E-state index is 5.24. The number of ether oxygens (including phenoxy) is 1. The van der Waals surface area contributed by atoms with Crippen molar-refractivity contribution in [3.05, 3.63) is 11.8 Å². The number of nitrogens with one attached hydrogen (secondary N) is 1. The Labute approximate surface area is 61.0 Å². The Morgan fingerprint density at radius 3 is 2.78 bits per heavy atom. The van der Waals surface area contributed by atoms with Gasteiger partial charge in [-0.3, -0.25) is 0 Å². The molecule has 0 aromatic carbocycles. The molecule has 0 saturated heterocycles. The molecule has 0 spiro atoms. The summed E-state index contributed by atoms with van der Waals surface area (Å²) < 4.78 is 5.15. The monoisotopic (exact) mass is 149 g/mol. The van der Waals surface area contributed by atoms with Crippen LogP contribution in [-0.4, -0.2) is 13.2 Å². The van der Waals surface area contributed by atoms with Gasteiger partial charge in [0.1, 0.15) is 5.76 Å². The summed E-state index contributed by atoms with van der Waals surface area (Å²) in [5.41, 5.74) is 0. The van der Waals surface area contributed by atoms with Gasteiger partial charge in [0.15, 0.2) is 0 Å². The van der Waals surface area contributed by atoms with E-state index < -0.39 is 0 Å². The van der Waals surface area contributed by atoms with Crippen LogP contribution in [0.15, 0.2) is 11.8 Å². The molecular weight excluding hydrogens is 138 g/mol. The lowest BCUT2D eigenvalue weighted by atomic mass is 10.5. The summed E-state index contributed by atoms with van der Waals surface area (Å²) in [6, 6.07) is 0. The van der Waals surface area contributed by atoms with Crippen molar-refractivity contribution < 1.29 is 4.74 Å². The van der Waals surface area contributed by atoms with Crippen LogP contribution in [-0.2, 0) is 4.74 Å². The highest BCUT2D eigenvalue weighted by molar-refractivity contribution is 6.13. The Balaban J connectivity index is 3.43. The van der Waals surface area contributed by atoms with E-state index in [-0.39, 0.29) is 0 Å². The Hall–Kier alpha value is -0.210. The van der Waals surface area contributed by atoms with Gasteiger partial charge in [0.05, 0.1) is 13.2 Å². The lowest BCUT2D eigenvalue weighted by Gasteiger charge is -2.04. The molecule has 54 valence electrons. The number of allylic oxidation sites excluding steroid dienone is 1. The summed E-state index contributed by atoms with van der Waals surface area (Å²) in [6.07, 6.45) is 1.89. The Morgan fingerprint density at radius 1 is 1.78 bits per heavy atom. The first-order valence-corrected chi connectivity index (χ1v) is 3.34. The first-order chi connectivity index (χ1) is 4.35. The van der Waals surface area contributed by atoms with E-state index in [1.807, 2.05) is 19.9 Å². The molecule has 2 nitrogen and oxygen atoms in total. The third-order valence-electron chi connectivity index (χ3n) is 0.893. The number of halogens is 1. The fraction of sp³-hybridized carbons (Fsp3) is 0.667. The van der Waals surface area contributed by atoms with Gasteiger partial charge in [-0.15, -0.1) is 0 Å². The smallest absolute Gasteiger partial charge is 0.107 e. The van der Waals surface area contributed by atoms with E-state index >= 15 is 0 Å². The summed E-state index contributed by atoms with van der Waals surface area (Å²) in [6.45, 7) is 5.14. The molecule has 0 aliphatic heterocycles. The van der Waals surface area contributed by atoms with Gasteiger partial charge < -0.3 is 4.74 Å². The van der Waals surface area contributed by atoms with Crippen molar-refractivity contribution in [1.29, 1.82) is 0 Å². The van der Waals surface area contributed by atoms with E-state index in [9.17, 15) is 0 Å². The molecule has 0 atom stereocenters. The standard InChI is InChI=1S/C6H12ClNO/c1-3-6(5-8-7)9-4-2/h3,8H,4-5H2,1-2H3. The summed E-state index contributed by atoms with van der Waals surface area (Å²) in [7, 11) is 0. The molecular formula is C6H12ClNO. The second-order valence-electron chi connectivity index (χ2n) is 1.50.